The molecular formula is C16H23NO2. The first-order valence-corrected chi connectivity index (χ1v) is 7.29. The Morgan fingerprint density at radius 3 is 2.58 bits per heavy atom. The van der Waals surface area contributed by atoms with E-state index in [0.717, 1.165) is 23.3 Å². The van der Waals surface area contributed by atoms with E-state index < -0.39 is 0 Å². The van der Waals surface area contributed by atoms with Crippen LogP contribution in [0.4, 0.5) is 0 Å². The van der Waals surface area contributed by atoms with Gasteiger partial charge in [0, 0.05) is 12.1 Å². The van der Waals surface area contributed by atoms with Crippen molar-refractivity contribution in [1.29, 1.82) is 0 Å². The quantitative estimate of drug-likeness (QED) is 0.899. The van der Waals surface area contributed by atoms with Crippen LogP contribution in [0.2, 0.25) is 0 Å². The van der Waals surface area contributed by atoms with Crippen LogP contribution in [0.25, 0.3) is 0 Å². The molecule has 3 heteroatoms. The Kier molecular flexibility index (Phi) is 3.40. The highest BCUT2D eigenvalue weighted by molar-refractivity contribution is 5.45. The molecule has 1 aromatic rings. The second kappa shape index (κ2) is 5.04. The van der Waals surface area contributed by atoms with Gasteiger partial charge in [-0.3, -0.25) is 0 Å². The second-order valence-electron chi connectivity index (χ2n) is 6.17. The smallest absolute Gasteiger partial charge is 0.231 e. The van der Waals surface area contributed by atoms with Gasteiger partial charge >= 0.3 is 0 Å². The Hall–Kier alpha value is -1.22. The number of rotatable bonds is 4. The summed E-state index contributed by atoms with van der Waals surface area (Å²) in [6.07, 6.45) is 2.62. The summed E-state index contributed by atoms with van der Waals surface area (Å²) in [6, 6.07) is 7.27. The van der Waals surface area contributed by atoms with Gasteiger partial charge in [0.05, 0.1) is 0 Å². The lowest BCUT2D eigenvalue weighted by Crippen LogP contribution is -2.43. The predicted octanol–water partition coefficient (Wildman–Crippen LogP) is 3.50. The molecule has 3 rings (SSSR count). The monoisotopic (exact) mass is 261 g/mol. The highest BCUT2D eigenvalue weighted by Crippen LogP contribution is 2.37. The van der Waals surface area contributed by atoms with E-state index in [1.807, 2.05) is 6.07 Å². The molecule has 2 aliphatic rings. The van der Waals surface area contributed by atoms with Crippen molar-refractivity contribution in [2.45, 2.75) is 45.7 Å². The lowest BCUT2D eigenvalue weighted by atomic mass is 9.73. The van der Waals surface area contributed by atoms with Gasteiger partial charge in [-0.1, -0.05) is 19.9 Å². The molecular weight excluding hydrogens is 238 g/mol. The molecule has 3 nitrogen and oxygen atoms in total. The van der Waals surface area contributed by atoms with Crippen LogP contribution < -0.4 is 14.8 Å². The van der Waals surface area contributed by atoms with Crippen LogP contribution >= 0.6 is 0 Å². The minimum Gasteiger partial charge on any atom is -0.454 e. The van der Waals surface area contributed by atoms with Gasteiger partial charge in [0.15, 0.2) is 11.5 Å². The standard InChI is InChI=1S/C16H23NO2/c1-10(2)13-6-14(7-13)17-11(3)12-4-5-15-16(8-12)19-9-18-15/h4-5,8,10-11,13-14,17H,6-7,9H2,1-3H3. The molecule has 1 unspecified atom stereocenters. The van der Waals surface area contributed by atoms with E-state index in [1.54, 1.807) is 0 Å². The number of hydrogen-bond acceptors (Lipinski definition) is 3. The van der Waals surface area contributed by atoms with Crippen molar-refractivity contribution in [3.05, 3.63) is 23.8 Å². The highest BCUT2D eigenvalue weighted by atomic mass is 16.7. The summed E-state index contributed by atoms with van der Waals surface area (Å²) in [5, 5.41) is 3.71. The Morgan fingerprint density at radius 1 is 1.11 bits per heavy atom. The first-order chi connectivity index (χ1) is 9.13. The van der Waals surface area contributed by atoms with Crippen LogP contribution in [-0.4, -0.2) is 12.8 Å². The lowest BCUT2D eigenvalue weighted by molar-refractivity contribution is 0.159. The van der Waals surface area contributed by atoms with E-state index in [9.17, 15) is 0 Å². The SMILES string of the molecule is CC(NC1CC(C(C)C)C1)c1ccc2c(c1)OCO2. The Balaban J connectivity index is 1.58. The summed E-state index contributed by atoms with van der Waals surface area (Å²) >= 11 is 0. The van der Waals surface area contributed by atoms with Crippen molar-refractivity contribution in [1.82, 2.24) is 5.32 Å². The van der Waals surface area contributed by atoms with E-state index in [-0.39, 0.29) is 0 Å². The van der Waals surface area contributed by atoms with Gasteiger partial charge < -0.3 is 14.8 Å². The number of benzene rings is 1. The molecule has 19 heavy (non-hydrogen) atoms. The summed E-state index contributed by atoms with van der Waals surface area (Å²) < 4.78 is 10.8. The number of fused-ring (bicyclic) bond motifs is 1. The molecule has 1 atom stereocenters. The normalized spacial score (nSPS) is 26.3. The number of nitrogens with one attached hydrogen (secondary N) is 1. The van der Waals surface area contributed by atoms with Gasteiger partial charge in [0.2, 0.25) is 6.79 Å². The van der Waals surface area contributed by atoms with Crippen molar-refractivity contribution in [2.75, 3.05) is 6.79 Å². The third-order valence-corrected chi connectivity index (χ3v) is 4.50. The summed E-state index contributed by atoms with van der Waals surface area (Å²) in [7, 11) is 0. The molecule has 1 aromatic carbocycles. The first-order valence-electron chi connectivity index (χ1n) is 7.29. The maximum absolute atomic E-state index is 5.43. The molecule has 0 radical (unpaired) electrons. The van der Waals surface area contributed by atoms with Crippen molar-refractivity contribution in [3.8, 4) is 11.5 Å². The van der Waals surface area contributed by atoms with Gasteiger partial charge in [-0.2, -0.15) is 0 Å². The van der Waals surface area contributed by atoms with Gasteiger partial charge in [0.25, 0.3) is 0 Å². The minimum absolute atomic E-state index is 0.347. The average molecular weight is 261 g/mol. The van der Waals surface area contributed by atoms with Crippen molar-refractivity contribution < 1.29 is 9.47 Å². The fourth-order valence-corrected chi connectivity index (χ4v) is 2.97. The summed E-state index contributed by atoms with van der Waals surface area (Å²) in [5.74, 6) is 3.46. The van der Waals surface area contributed by atoms with Gasteiger partial charge in [-0.15, -0.1) is 0 Å². The molecule has 0 spiro atoms. The molecule has 1 aliphatic heterocycles. The van der Waals surface area contributed by atoms with Crippen molar-refractivity contribution >= 4 is 0 Å². The average Bonchev–Trinajstić information content (AvgIpc) is 2.79. The van der Waals surface area contributed by atoms with Gasteiger partial charge in [-0.25, -0.2) is 0 Å². The third kappa shape index (κ3) is 2.57. The summed E-state index contributed by atoms with van der Waals surface area (Å²) in [5.41, 5.74) is 1.28. The van der Waals surface area contributed by atoms with Crippen LogP contribution in [0, 0.1) is 11.8 Å². The minimum atomic E-state index is 0.347. The molecule has 0 amide bonds. The third-order valence-electron chi connectivity index (χ3n) is 4.50. The number of ether oxygens (including phenoxy) is 2. The van der Waals surface area contributed by atoms with E-state index in [2.05, 4.69) is 38.2 Å². The largest absolute Gasteiger partial charge is 0.454 e. The molecule has 0 saturated heterocycles. The maximum atomic E-state index is 5.43. The van der Waals surface area contributed by atoms with Crippen molar-refractivity contribution in [2.24, 2.45) is 11.8 Å². The molecule has 1 N–H and O–H groups in total. The molecule has 0 bridgehead atoms. The van der Waals surface area contributed by atoms with Crippen LogP contribution in [0.1, 0.15) is 45.2 Å². The lowest BCUT2D eigenvalue weighted by Gasteiger charge is -2.40. The highest BCUT2D eigenvalue weighted by Gasteiger charge is 2.31. The maximum Gasteiger partial charge on any atom is 0.231 e. The summed E-state index contributed by atoms with van der Waals surface area (Å²) in [6.45, 7) is 7.21. The Morgan fingerprint density at radius 2 is 1.84 bits per heavy atom. The fourth-order valence-electron chi connectivity index (χ4n) is 2.97. The van der Waals surface area contributed by atoms with Crippen LogP contribution in [-0.2, 0) is 0 Å². The van der Waals surface area contributed by atoms with Crippen molar-refractivity contribution in [3.63, 3.8) is 0 Å². The van der Waals surface area contributed by atoms with E-state index in [0.29, 0.717) is 18.9 Å². The van der Waals surface area contributed by atoms with E-state index in [1.165, 1.54) is 18.4 Å². The van der Waals surface area contributed by atoms with Gasteiger partial charge in [0.1, 0.15) is 0 Å². The molecule has 1 heterocycles. The topological polar surface area (TPSA) is 30.5 Å². The zero-order chi connectivity index (χ0) is 13.4. The Labute approximate surface area is 115 Å². The molecule has 104 valence electrons. The van der Waals surface area contributed by atoms with Gasteiger partial charge in [-0.05, 0) is 49.3 Å². The van der Waals surface area contributed by atoms with Crippen LogP contribution in [0.3, 0.4) is 0 Å². The van der Waals surface area contributed by atoms with E-state index >= 15 is 0 Å². The predicted molar refractivity (Wildman–Crippen MR) is 75.5 cm³/mol. The Bertz CT molecular complexity index is 452. The molecule has 1 fully saturated rings. The van der Waals surface area contributed by atoms with Crippen LogP contribution in [0.5, 0.6) is 11.5 Å². The molecule has 1 saturated carbocycles. The number of hydrogen-bond donors (Lipinski definition) is 1. The fraction of sp³-hybridized carbons (Fsp3) is 0.625. The molecule has 1 aliphatic carbocycles. The zero-order valence-electron chi connectivity index (χ0n) is 12.0. The molecule has 0 aromatic heterocycles. The zero-order valence-corrected chi connectivity index (χ0v) is 12.0. The second-order valence-corrected chi connectivity index (χ2v) is 6.17. The van der Waals surface area contributed by atoms with Crippen LogP contribution in [0.15, 0.2) is 18.2 Å². The van der Waals surface area contributed by atoms with E-state index in [4.69, 9.17) is 9.47 Å². The summed E-state index contributed by atoms with van der Waals surface area (Å²) in [4.78, 5) is 0. The first kappa shape index (κ1) is 12.8.